The summed E-state index contributed by atoms with van der Waals surface area (Å²) in [4.78, 5) is 2.48. The average molecular weight is 312 g/mol. The molecule has 1 aliphatic rings. The molecular formula is C12H16N4O2S2. The zero-order valence-electron chi connectivity index (χ0n) is 11.4. The maximum atomic E-state index is 12.7. The first-order valence-electron chi connectivity index (χ1n) is 6.41. The highest BCUT2D eigenvalue weighted by Gasteiger charge is 2.29. The van der Waals surface area contributed by atoms with Crippen LogP contribution in [0.5, 0.6) is 0 Å². The predicted octanol–water partition coefficient (Wildman–Crippen LogP) is 0.936. The first-order chi connectivity index (χ1) is 9.50. The molecule has 0 atom stereocenters. The summed E-state index contributed by atoms with van der Waals surface area (Å²) in [6.45, 7) is 4.39. The minimum Gasteiger partial charge on any atom is -0.304 e. The van der Waals surface area contributed by atoms with Gasteiger partial charge in [-0.15, -0.1) is 0 Å². The van der Waals surface area contributed by atoms with Crippen LogP contribution < -0.4 is 0 Å². The van der Waals surface area contributed by atoms with E-state index in [4.69, 9.17) is 0 Å². The number of benzene rings is 1. The van der Waals surface area contributed by atoms with Crippen molar-refractivity contribution in [1.29, 1.82) is 0 Å². The summed E-state index contributed by atoms with van der Waals surface area (Å²) in [5.41, 5.74) is 2.13. The number of aryl methyl sites for hydroxylation is 1. The Balaban J connectivity index is 2.02. The Kier molecular flexibility index (Phi) is 3.49. The summed E-state index contributed by atoms with van der Waals surface area (Å²) in [6, 6.07) is 3.38. The van der Waals surface area contributed by atoms with Crippen molar-refractivity contribution in [2.75, 3.05) is 33.2 Å². The van der Waals surface area contributed by atoms with Crippen LogP contribution in [0.2, 0.25) is 0 Å². The Hall–Kier alpha value is -1.09. The summed E-state index contributed by atoms with van der Waals surface area (Å²) in [5.74, 6) is 0. The molecule has 0 radical (unpaired) electrons. The van der Waals surface area contributed by atoms with Gasteiger partial charge in [-0.3, -0.25) is 0 Å². The third-order valence-electron chi connectivity index (χ3n) is 3.71. The summed E-state index contributed by atoms with van der Waals surface area (Å²) in [5, 5.41) is 0. The first kappa shape index (κ1) is 13.9. The van der Waals surface area contributed by atoms with Crippen LogP contribution in [-0.4, -0.2) is 59.6 Å². The SMILES string of the molecule is Cc1c(S(=O)(=O)N2CCN(C)CC2)ccc2nsnc12. The molecule has 1 saturated heterocycles. The number of rotatable bonds is 2. The highest BCUT2D eigenvalue weighted by Crippen LogP contribution is 2.26. The van der Waals surface area contributed by atoms with E-state index in [0.29, 0.717) is 29.1 Å². The summed E-state index contributed by atoms with van der Waals surface area (Å²) >= 11 is 1.11. The van der Waals surface area contributed by atoms with Crippen molar-refractivity contribution in [2.24, 2.45) is 0 Å². The van der Waals surface area contributed by atoms with E-state index in [0.717, 1.165) is 30.3 Å². The fraction of sp³-hybridized carbons (Fsp3) is 0.500. The molecule has 1 aromatic carbocycles. The van der Waals surface area contributed by atoms with E-state index in [1.54, 1.807) is 23.4 Å². The van der Waals surface area contributed by atoms with E-state index in [2.05, 4.69) is 13.6 Å². The quantitative estimate of drug-likeness (QED) is 0.825. The van der Waals surface area contributed by atoms with Crippen molar-refractivity contribution in [3.63, 3.8) is 0 Å². The fourth-order valence-corrected chi connectivity index (χ4v) is 4.64. The molecule has 6 nitrogen and oxygen atoms in total. The van der Waals surface area contributed by atoms with Gasteiger partial charge in [0.15, 0.2) is 0 Å². The molecule has 0 saturated carbocycles. The maximum absolute atomic E-state index is 12.7. The molecule has 1 aromatic heterocycles. The van der Waals surface area contributed by atoms with Crippen molar-refractivity contribution in [3.05, 3.63) is 17.7 Å². The molecule has 8 heteroatoms. The van der Waals surface area contributed by atoms with Gasteiger partial charge >= 0.3 is 0 Å². The molecule has 0 spiro atoms. The normalized spacial score (nSPS) is 18.7. The Labute approximate surface area is 122 Å². The van der Waals surface area contributed by atoms with Gasteiger partial charge in [0.05, 0.1) is 16.6 Å². The zero-order valence-corrected chi connectivity index (χ0v) is 13.0. The molecule has 108 valence electrons. The van der Waals surface area contributed by atoms with Crippen molar-refractivity contribution in [3.8, 4) is 0 Å². The standard InChI is InChI=1S/C12H16N4O2S2/c1-9-11(4-3-10-12(9)14-19-13-10)20(17,18)16-7-5-15(2)6-8-16/h3-4H,5-8H2,1-2H3. The van der Waals surface area contributed by atoms with Gasteiger partial charge in [-0.05, 0) is 31.7 Å². The van der Waals surface area contributed by atoms with Crippen LogP contribution in [0.25, 0.3) is 11.0 Å². The predicted molar refractivity (Wildman–Crippen MR) is 78.4 cm³/mol. The third kappa shape index (κ3) is 2.22. The van der Waals surface area contributed by atoms with Crippen LogP contribution in [-0.2, 0) is 10.0 Å². The number of hydrogen-bond acceptors (Lipinski definition) is 6. The second-order valence-corrected chi connectivity index (χ2v) is 7.46. The monoisotopic (exact) mass is 312 g/mol. The molecule has 3 rings (SSSR count). The second-order valence-electron chi connectivity index (χ2n) is 5.03. The summed E-state index contributed by atoms with van der Waals surface area (Å²) < 4.78 is 35.4. The minimum absolute atomic E-state index is 0.349. The first-order valence-corrected chi connectivity index (χ1v) is 8.58. The molecule has 1 fully saturated rings. The fourth-order valence-electron chi connectivity index (χ4n) is 2.41. The van der Waals surface area contributed by atoms with Gasteiger partial charge in [0.1, 0.15) is 11.0 Å². The summed E-state index contributed by atoms with van der Waals surface area (Å²) in [6.07, 6.45) is 0. The lowest BCUT2D eigenvalue weighted by molar-refractivity contribution is 0.222. The van der Waals surface area contributed by atoms with Gasteiger partial charge in [0.25, 0.3) is 0 Å². The van der Waals surface area contributed by atoms with Crippen molar-refractivity contribution in [2.45, 2.75) is 11.8 Å². The topological polar surface area (TPSA) is 66.4 Å². The molecular weight excluding hydrogens is 296 g/mol. The van der Waals surface area contributed by atoms with Crippen LogP contribution >= 0.6 is 11.7 Å². The molecule has 2 aromatic rings. The van der Waals surface area contributed by atoms with Gasteiger partial charge in [0.2, 0.25) is 10.0 Å². The second kappa shape index (κ2) is 5.03. The Morgan fingerprint density at radius 3 is 2.55 bits per heavy atom. The molecule has 0 bridgehead atoms. The molecule has 0 unspecified atom stereocenters. The van der Waals surface area contributed by atoms with Crippen LogP contribution in [0.4, 0.5) is 0 Å². The Morgan fingerprint density at radius 2 is 1.85 bits per heavy atom. The lowest BCUT2D eigenvalue weighted by Crippen LogP contribution is -2.47. The van der Waals surface area contributed by atoms with Crippen molar-refractivity contribution < 1.29 is 8.42 Å². The highest BCUT2D eigenvalue weighted by atomic mass is 32.2. The van der Waals surface area contributed by atoms with Gasteiger partial charge in [-0.1, -0.05) is 0 Å². The number of hydrogen-bond donors (Lipinski definition) is 0. The van der Waals surface area contributed by atoms with E-state index in [1.807, 2.05) is 7.05 Å². The lowest BCUT2D eigenvalue weighted by atomic mass is 10.2. The van der Waals surface area contributed by atoms with Gasteiger partial charge < -0.3 is 4.90 Å². The van der Waals surface area contributed by atoms with Gasteiger partial charge in [0, 0.05) is 26.2 Å². The smallest absolute Gasteiger partial charge is 0.243 e. The highest BCUT2D eigenvalue weighted by molar-refractivity contribution is 7.89. The summed E-state index contributed by atoms with van der Waals surface area (Å²) in [7, 11) is -1.44. The van der Waals surface area contributed by atoms with Crippen molar-refractivity contribution >= 4 is 32.8 Å². The average Bonchev–Trinajstić information content (AvgIpc) is 2.88. The number of nitrogens with zero attached hydrogens (tertiary/aromatic N) is 4. The minimum atomic E-state index is -3.44. The van der Waals surface area contributed by atoms with Crippen LogP contribution in [0.3, 0.4) is 0 Å². The molecule has 1 aliphatic heterocycles. The van der Waals surface area contributed by atoms with E-state index in [-0.39, 0.29) is 0 Å². The van der Waals surface area contributed by atoms with E-state index >= 15 is 0 Å². The number of aromatic nitrogens is 2. The zero-order chi connectivity index (χ0) is 14.3. The number of piperazine rings is 1. The van der Waals surface area contributed by atoms with E-state index in [1.165, 1.54) is 0 Å². The van der Waals surface area contributed by atoms with Gasteiger partial charge in [-0.2, -0.15) is 13.1 Å². The molecule has 2 heterocycles. The van der Waals surface area contributed by atoms with Gasteiger partial charge in [-0.25, -0.2) is 8.42 Å². The lowest BCUT2D eigenvalue weighted by Gasteiger charge is -2.31. The number of fused-ring (bicyclic) bond motifs is 1. The Morgan fingerprint density at radius 1 is 1.15 bits per heavy atom. The van der Waals surface area contributed by atoms with E-state index < -0.39 is 10.0 Å². The maximum Gasteiger partial charge on any atom is 0.243 e. The molecule has 0 aliphatic carbocycles. The van der Waals surface area contributed by atoms with Crippen LogP contribution in [0, 0.1) is 6.92 Å². The Bertz CT molecular complexity index is 733. The largest absolute Gasteiger partial charge is 0.304 e. The number of likely N-dealkylation sites (N-methyl/N-ethyl adjacent to an activating group) is 1. The molecule has 0 N–H and O–H groups in total. The van der Waals surface area contributed by atoms with Crippen LogP contribution in [0.15, 0.2) is 17.0 Å². The van der Waals surface area contributed by atoms with Crippen molar-refractivity contribution in [1.82, 2.24) is 18.0 Å². The molecule has 20 heavy (non-hydrogen) atoms. The van der Waals surface area contributed by atoms with Crippen LogP contribution in [0.1, 0.15) is 5.56 Å². The van der Waals surface area contributed by atoms with E-state index in [9.17, 15) is 8.42 Å². The third-order valence-corrected chi connectivity index (χ3v) is 6.30. The molecule has 0 amide bonds. The number of sulfonamides is 1.